The standard InChI is InChI=1S/3C10H8O3S.Al/c3*11-14(12,13)10-6-5-8-3-1-2-4-9(8)7-10;/h3*1-7H,(H,11,12,13);/q;;;+3/p-3. The minimum Gasteiger partial charge on any atom is -0.744 e. The second-order valence-electron chi connectivity index (χ2n) is 8.89. The minimum absolute atomic E-state index is 0. The van der Waals surface area contributed by atoms with E-state index in [0.29, 0.717) is 0 Å². The maximum absolute atomic E-state index is 10.7. The molecular formula is C30H21AlO9S3. The summed E-state index contributed by atoms with van der Waals surface area (Å²) in [6.45, 7) is 0. The van der Waals surface area contributed by atoms with Crippen LogP contribution in [0.2, 0.25) is 0 Å². The van der Waals surface area contributed by atoms with Gasteiger partial charge in [-0.1, -0.05) is 91.0 Å². The second kappa shape index (κ2) is 13.8. The van der Waals surface area contributed by atoms with E-state index in [0.717, 1.165) is 32.3 Å². The minimum atomic E-state index is -4.34. The van der Waals surface area contributed by atoms with Crippen molar-refractivity contribution in [1.29, 1.82) is 0 Å². The van der Waals surface area contributed by atoms with Gasteiger partial charge >= 0.3 is 17.4 Å². The predicted octanol–water partition coefficient (Wildman–Crippen LogP) is 4.85. The van der Waals surface area contributed by atoms with Gasteiger partial charge < -0.3 is 13.7 Å². The van der Waals surface area contributed by atoms with E-state index in [1.807, 2.05) is 36.4 Å². The second-order valence-corrected chi connectivity index (χ2v) is 13.0. The molecule has 216 valence electrons. The number of hydrogen-bond donors (Lipinski definition) is 0. The van der Waals surface area contributed by atoms with Crippen LogP contribution < -0.4 is 0 Å². The van der Waals surface area contributed by atoms with E-state index in [2.05, 4.69) is 0 Å². The van der Waals surface area contributed by atoms with E-state index in [9.17, 15) is 38.9 Å². The van der Waals surface area contributed by atoms with Crippen LogP contribution in [0.1, 0.15) is 0 Å². The molecule has 0 heterocycles. The largest absolute Gasteiger partial charge is 3.00 e. The molecule has 6 aromatic carbocycles. The Labute approximate surface area is 259 Å². The van der Waals surface area contributed by atoms with Crippen LogP contribution >= 0.6 is 0 Å². The summed E-state index contributed by atoms with van der Waals surface area (Å²) in [5.74, 6) is 0. The Bertz CT molecular complexity index is 1980. The van der Waals surface area contributed by atoms with Crippen LogP contribution in [0.3, 0.4) is 0 Å². The molecule has 0 aliphatic rings. The first-order valence-electron chi connectivity index (χ1n) is 12.1. The maximum Gasteiger partial charge on any atom is 3.00 e. The molecule has 6 aromatic rings. The molecule has 0 unspecified atom stereocenters. The molecule has 0 saturated carbocycles. The van der Waals surface area contributed by atoms with Crippen molar-refractivity contribution in [3.63, 3.8) is 0 Å². The fraction of sp³-hybridized carbons (Fsp3) is 0. The van der Waals surface area contributed by atoms with Gasteiger partial charge in [0.05, 0.1) is 14.7 Å². The SMILES string of the molecule is O=S(=O)([O-])c1ccc2ccccc2c1.O=S(=O)([O-])c1ccc2ccccc2c1.O=S(=O)([O-])c1ccc2ccccc2c1.[Al+3]. The Kier molecular flexibility index (Phi) is 10.8. The van der Waals surface area contributed by atoms with E-state index in [1.54, 1.807) is 54.6 Å². The predicted molar refractivity (Wildman–Crippen MR) is 161 cm³/mol. The summed E-state index contributed by atoms with van der Waals surface area (Å²) in [6, 6.07) is 34.8. The normalized spacial score (nSPS) is 11.5. The van der Waals surface area contributed by atoms with Crippen LogP contribution in [-0.4, -0.2) is 56.3 Å². The van der Waals surface area contributed by atoms with Crippen molar-refractivity contribution in [1.82, 2.24) is 0 Å². The van der Waals surface area contributed by atoms with Gasteiger partial charge in [0.25, 0.3) is 0 Å². The van der Waals surface area contributed by atoms with Crippen molar-refractivity contribution in [2.75, 3.05) is 0 Å². The Morgan fingerprint density at radius 2 is 0.535 bits per heavy atom. The Morgan fingerprint density at radius 3 is 0.744 bits per heavy atom. The molecule has 0 amide bonds. The molecule has 9 nitrogen and oxygen atoms in total. The fourth-order valence-electron chi connectivity index (χ4n) is 3.97. The van der Waals surface area contributed by atoms with Gasteiger partial charge in [-0.3, -0.25) is 0 Å². The summed E-state index contributed by atoms with van der Waals surface area (Å²) in [5.41, 5.74) is 0. The molecule has 0 aliphatic carbocycles. The summed E-state index contributed by atoms with van der Waals surface area (Å²) in [5, 5.41) is 5.01. The van der Waals surface area contributed by atoms with E-state index < -0.39 is 30.4 Å². The molecule has 0 bridgehead atoms. The van der Waals surface area contributed by atoms with Crippen LogP contribution in [0.25, 0.3) is 32.3 Å². The number of benzene rings is 6. The molecule has 0 N–H and O–H groups in total. The maximum atomic E-state index is 10.7. The smallest absolute Gasteiger partial charge is 0.744 e. The first-order valence-corrected chi connectivity index (χ1v) is 16.3. The molecule has 13 heteroatoms. The average molecular weight is 649 g/mol. The van der Waals surface area contributed by atoms with E-state index in [1.165, 1.54) is 36.4 Å². The zero-order valence-electron chi connectivity index (χ0n) is 22.1. The number of hydrogen-bond acceptors (Lipinski definition) is 9. The molecule has 0 atom stereocenters. The third-order valence-electron chi connectivity index (χ3n) is 6.03. The van der Waals surface area contributed by atoms with Crippen molar-refractivity contribution < 1.29 is 38.9 Å². The van der Waals surface area contributed by atoms with Crippen molar-refractivity contribution in [3.8, 4) is 0 Å². The van der Waals surface area contributed by atoms with E-state index in [-0.39, 0.29) is 32.0 Å². The summed E-state index contributed by atoms with van der Waals surface area (Å²) in [7, 11) is -13.0. The van der Waals surface area contributed by atoms with Crippen molar-refractivity contribution in [2.45, 2.75) is 14.7 Å². The van der Waals surface area contributed by atoms with Crippen LogP contribution in [0.15, 0.2) is 142 Å². The molecule has 43 heavy (non-hydrogen) atoms. The average Bonchev–Trinajstić information content (AvgIpc) is 2.95. The number of rotatable bonds is 3. The molecule has 0 saturated heterocycles. The summed E-state index contributed by atoms with van der Waals surface area (Å²) >= 11 is 0. The van der Waals surface area contributed by atoms with Crippen LogP contribution in [-0.2, 0) is 30.4 Å². The summed E-state index contributed by atoms with van der Waals surface area (Å²) < 4.78 is 96.5. The molecule has 0 aromatic heterocycles. The molecule has 0 fully saturated rings. The molecule has 6 rings (SSSR count). The topological polar surface area (TPSA) is 172 Å². The van der Waals surface area contributed by atoms with Crippen LogP contribution in [0.4, 0.5) is 0 Å². The van der Waals surface area contributed by atoms with Gasteiger partial charge in [-0.15, -0.1) is 0 Å². The molecular weight excluding hydrogens is 628 g/mol. The van der Waals surface area contributed by atoms with Crippen molar-refractivity contribution >= 4 is 80.0 Å². The third kappa shape index (κ3) is 9.17. The Balaban J connectivity index is 0.000000175. The van der Waals surface area contributed by atoms with Crippen molar-refractivity contribution in [2.24, 2.45) is 0 Å². The third-order valence-corrected chi connectivity index (χ3v) is 8.52. The van der Waals surface area contributed by atoms with Gasteiger partial charge in [0.1, 0.15) is 30.4 Å². The van der Waals surface area contributed by atoms with Gasteiger partial charge in [0.15, 0.2) is 0 Å². The fourth-order valence-corrected chi connectivity index (χ4v) is 5.49. The van der Waals surface area contributed by atoms with Gasteiger partial charge in [-0.2, -0.15) is 0 Å². The quantitative estimate of drug-likeness (QED) is 0.192. The molecule has 0 spiro atoms. The van der Waals surface area contributed by atoms with Gasteiger partial charge in [0, 0.05) is 0 Å². The zero-order chi connectivity index (χ0) is 30.5. The van der Waals surface area contributed by atoms with Gasteiger partial charge in [-0.05, 0) is 68.7 Å². The van der Waals surface area contributed by atoms with Crippen LogP contribution in [0.5, 0.6) is 0 Å². The van der Waals surface area contributed by atoms with Gasteiger partial charge in [-0.25, -0.2) is 25.3 Å². The van der Waals surface area contributed by atoms with Crippen molar-refractivity contribution in [3.05, 3.63) is 127 Å². The molecule has 0 aliphatic heterocycles. The summed E-state index contributed by atoms with van der Waals surface area (Å²) in [4.78, 5) is -0.552. The Morgan fingerprint density at radius 1 is 0.326 bits per heavy atom. The van der Waals surface area contributed by atoms with E-state index >= 15 is 0 Å². The zero-order valence-corrected chi connectivity index (χ0v) is 25.7. The van der Waals surface area contributed by atoms with Gasteiger partial charge in [0.2, 0.25) is 0 Å². The molecule has 0 radical (unpaired) electrons. The number of fused-ring (bicyclic) bond motifs is 3. The Hall–Kier alpha value is -3.64. The first kappa shape index (κ1) is 33.9. The monoisotopic (exact) mass is 648 g/mol. The first-order chi connectivity index (χ1) is 19.7. The van der Waals surface area contributed by atoms with Crippen LogP contribution in [0, 0.1) is 0 Å². The summed E-state index contributed by atoms with van der Waals surface area (Å²) in [6.07, 6.45) is 0. The van der Waals surface area contributed by atoms with E-state index in [4.69, 9.17) is 0 Å².